The van der Waals surface area contributed by atoms with Crippen molar-refractivity contribution in [3.05, 3.63) is 136 Å². The molecule has 0 N–H and O–H groups in total. The first kappa shape index (κ1) is 20.0. The lowest BCUT2D eigenvalue weighted by molar-refractivity contribution is 0.0899. The Balaban J connectivity index is 1.63. The van der Waals surface area contributed by atoms with Crippen molar-refractivity contribution in [3.63, 3.8) is 0 Å². The molecule has 1 aliphatic carbocycles. The predicted octanol–water partition coefficient (Wildman–Crippen LogP) is 6.53. The van der Waals surface area contributed by atoms with Gasteiger partial charge in [-0.25, -0.2) is 5.01 Å². The van der Waals surface area contributed by atoms with E-state index in [0.29, 0.717) is 11.4 Å². The summed E-state index contributed by atoms with van der Waals surface area (Å²) in [7, 11) is 0. The van der Waals surface area contributed by atoms with E-state index >= 15 is 0 Å². The number of carbonyl (C=O) groups is 1. The van der Waals surface area contributed by atoms with Gasteiger partial charge in [-0.1, -0.05) is 96.5 Å². The lowest BCUT2D eigenvalue weighted by atomic mass is 9.72. The average molecular weight is 449 g/mol. The smallest absolute Gasteiger partial charge is 0.192 e. The normalized spacial score (nSPS) is 21.4. The first-order valence-electron chi connectivity index (χ1n) is 11.1. The molecule has 1 spiro atoms. The topological polar surface area (TPSA) is 32.7 Å². The third kappa shape index (κ3) is 3.04. The molecular weight excluding hydrogens is 428 g/mol. The molecule has 2 aliphatic rings. The van der Waals surface area contributed by atoms with Crippen LogP contribution >= 0.6 is 11.6 Å². The molecule has 2 atom stereocenters. The number of hydrazone groups is 1. The second-order valence-electron chi connectivity index (χ2n) is 8.57. The second-order valence-corrected chi connectivity index (χ2v) is 9.01. The van der Waals surface area contributed by atoms with Gasteiger partial charge in [0.05, 0.1) is 17.3 Å². The number of benzene rings is 4. The summed E-state index contributed by atoms with van der Waals surface area (Å²) >= 11 is 6.24. The Labute approximate surface area is 198 Å². The first-order valence-corrected chi connectivity index (χ1v) is 11.4. The highest BCUT2D eigenvalue weighted by Gasteiger charge is 2.60. The van der Waals surface area contributed by atoms with E-state index in [-0.39, 0.29) is 11.7 Å². The number of para-hydroxylation sites is 1. The van der Waals surface area contributed by atoms with E-state index in [1.165, 1.54) is 0 Å². The number of rotatable bonds is 3. The Kier molecular flexibility index (Phi) is 4.67. The highest BCUT2D eigenvalue weighted by atomic mass is 35.5. The van der Waals surface area contributed by atoms with Crippen molar-refractivity contribution >= 4 is 28.8 Å². The Morgan fingerprint density at radius 1 is 0.788 bits per heavy atom. The summed E-state index contributed by atoms with van der Waals surface area (Å²) in [4.78, 5) is 14.3. The molecule has 0 saturated heterocycles. The maximum Gasteiger partial charge on any atom is 0.192 e. The summed E-state index contributed by atoms with van der Waals surface area (Å²) in [5.41, 5.74) is 4.80. The zero-order valence-electron chi connectivity index (χ0n) is 17.9. The highest BCUT2D eigenvalue weighted by Crippen LogP contribution is 2.51. The molecule has 4 heteroatoms. The minimum absolute atomic E-state index is 0.108. The Morgan fingerprint density at radius 3 is 2.12 bits per heavy atom. The number of nitrogens with zero attached hydrogens (tertiary/aromatic N) is 2. The molecule has 4 aromatic carbocycles. The number of anilines is 1. The van der Waals surface area contributed by atoms with Gasteiger partial charge in [-0.3, -0.25) is 4.79 Å². The number of halogens is 1. The van der Waals surface area contributed by atoms with Crippen molar-refractivity contribution < 1.29 is 4.79 Å². The first-order chi connectivity index (χ1) is 16.2. The van der Waals surface area contributed by atoms with Gasteiger partial charge in [0.2, 0.25) is 0 Å². The second kappa shape index (κ2) is 7.72. The van der Waals surface area contributed by atoms with E-state index in [0.717, 1.165) is 33.7 Å². The number of hydrogen-bond acceptors (Lipinski definition) is 3. The fourth-order valence-electron chi connectivity index (χ4n) is 5.29. The van der Waals surface area contributed by atoms with Crippen LogP contribution in [0.2, 0.25) is 5.02 Å². The summed E-state index contributed by atoms with van der Waals surface area (Å²) in [5.74, 6) is -0.145. The van der Waals surface area contributed by atoms with Crippen LogP contribution in [0.1, 0.15) is 33.0 Å². The fourth-order valence-corrected chi connectivity index (χ4v) is 5.41. The summed E-state index contributed by atoms with van der Waals surface area (Å²) < 4.78 is 0. The number of fused-ring (bicyclic) bond motifs is 1. The van der Waals surface area contributed by atoms with Crippen molar-refractivity contribution in [2.24, 2.45) is 5.10 Å². The van der Waals surface area contributed by atoms with E-state index in [9.17, 15) is 4.79 Å². The van der Waals surface area contributed by atoms with E-state index in [2.05, 4.69) is 18.2 Å². The molecule has 0 bridgehead atoms. The number of carbonyl (C=O) groups excluding carboxylic acids is 1. The molecular formula is C29H21ClN2O. The quantitative estimate of drug-likeness (QED) is 0.357. The lowest BCUT2D eigenvalue weighted by Gasteiger charge is -2.37. The molecule has 160 valence electrons. The highest BCUT2D eigenvalue weighted by molar-refractivity contribution is 6.30. The van der Waals surface area contributed by atoms with Gasteiger partial charge in [0.1, 0.15) is 5.54 Å². The summed E-state index contributed by atoms with van der Waals surface area (Å²) in [5, 5.41) is 7.81. The predicted molar refractivity (Wildman–Crippen MR) is 133 cm³/mol. The zero-order chi connectivity index (χ0) is 22.4. The molecule has 0 aromatic heterocycles. The van der Waals surface area contributed by atoms with Crippen molar-refractivity contribution in [2.45, 2.75) is 17.9 Å². The molecule has 0 unspecified atom stereocenters. The maximum absolute atomic E-state index is 14.3. The Morgan fingerprint density at radius 2 is 1.42 bits per heavy atom. The molecule has 1 heterocycles. The molecule has 1 aliphatic heterocycles. The number of hydrogen-bond donors (Lipinski definition) is 0. The zero-order valence-corrected chi connectivity index (χ0v) is 18.6. The van der Waals surface area contributed by atoms with Gasteiger partial charge in [0.15, 0.2) is 5.78 Å². The van der Waals surface area contributed by atoms with Crippen molar-refractivity contribution in [3.8, 4) is 0 Å². The monoisotopic (exact) mass is 448 g/mol. The van der Waals surface area contributed by atoms with Crippen molar-refractivity contribution in [1.82, 2.24) is 0 Å². The van der Waals surface area contributed by atoms with Crippen LogP contribution < -0.4 is 5.01 Å². The molecule has 4 aromatic rings. The van der Waals surface area contributed by atoms with Crippen LogP contribution in [0.3, 0.4) is 0 Å². The minimum Gasteiger partial charge on any atom is -0.291 e. The van der Waals surface area contributed by atoms with Gasteiger partial charge in [0.25, 0.3) is 0 Å². The van der Waals surface area contributed by atoms with Gasteiger partial charge in [-0.2, -0.15) is 5.10 Å². The molecule has 6 rings (SSSR count). The molecule has 3 nitrogen and oxygen atoms in total. The molecule has 0 amide bonds. The van der Waals surface area contributed by atoms with Crippen LogP contribution in [-0.4, -0.2) is 17.0 Å². The van der Waals surface area contributed by atoms with Gasteiger partial charge in [-0.05, 0) is 41.0 Å². The number of Topliss-reactive ketones (excluding diaryl/α,β-unsaturated/α-hetero) is 1. The Bertz CT molecular complexity index is 1370. The summed E-state index contributed by atoms with van der Waals surface area (Å²) in [6, 6.07) is 35.9. The summed E-state index contributed by atoms with van der Waals surface area (Å²) in [6.45, 7) is 0. The van der Waals surface area contributed by atoms with E-state index in [1.54, 1.807) is 0 Å². The van der Waals surface area contributed by atoms with Gasteiger partial charge < -0.3 is 0 Å². The van der Waals surface area contributed by atoms with Crippen molar-refractivity contribution in [1.29, 1.82) is 0 Å². The minimum atomic E-state index is -0.885. The van der Waals surface area contributed by atoms with Gasteiger partial charge in [-0.15, -0.1) is 0 Å². The van der Waals surface area contributed by atoms with Crippen LogP contribution in [0.5, 0.6) is 0 Å². The number of ketones is 1. The van der Waals surface area contributed by atoms with Crippen LogP contribution in [0, 0.1) is 0 Å². The SMILES string of the molecule is O=C1c2ccccc2C[C@]12[C@@H](c1ccc(Cl)cc1)C(c1ccccc1)=NN2c1ccccc1. The molecule has 0 saturated carbocycles. The average Bonchev–Trinajstić information content (AvgIpc) is 3.36. The van der Waals surface area contributed by atoms with Gasteiger partial charge in [0, 0.05) is 17.0 Å². The van der Waals surface area contributed by atoms with Crippen LogP contribution in [0.4, 0.5) is 5.69 Å². The molecule has 33 heavy (non-hydrogen) atoms. The van der Waals surface area contributed by atoms with E-state index in [1.807, 2.05) is 96.0 Å². The van der Waals surface area contributed by atoms with Crippen LogP contribution in [0.25, 0.3) is 0 Å². The van der Waals surface area contributed by atoms with E-state index in [4.69, 9.17) is 16.7 Å². The fraction of sp³-hybridized carbons (Fsp3) is 0.103. The largest absolute Gasteiger partial charge is 0.291 e. The third-order valence-corrected chi connectivity index (χ3v) is 6.98. The van der Waals surface area contributed by atoms with Crippen molar-refractivity contribution in [2.75, 3.05) is 5.01 Å². The van der Waals surface area contributed by atoms with Crippen LogP contribution in [-0.2, 0) is 6.42 Å². The maximum atomic E-state index is 14.3. The lowest BCUT2D eigenvalue weighted by Crippen LogP contribution is -2.53. The Hall–Kier alpha value is -3.69. The molecule has 0 fully saturated rings. The van der Waals surface area contributed by atoms with Gasteiger partial charge >= 0.3 is 0 Å². The van der Waals surface area contributed by atoms with E-state index < -0.39 is 5.54 Å². The standard InChI is InChI=1S/C29H21ClN2O/c30-23-17-15-20(16-18-23)26-27(21-9-3-1-4-10-21)31-32(24-12-5-2-6-13-24)29(26)19-22-11-7-8-14-25(22)28(29)33/h1-18,26H,19H2/t26-,29-/m0/s1. The summed E-state index contributed by atoms with van der Waals surface area (Å²) in [6.07, 6.45) is 0.587. The third-order valence-electron chi connectivity index (χ3n) is 6.73. The molecule has 0 radical (unpaired) electrons. The van der Waals surface area contributed by atoms with Crippen LogP contribution in [0.15, 0.2) is 114 Å².